The highest BCUT2D eigenvalue weighted by Gasteiger charge is 2.29. The Hall–Kier alpha value is -1.89. The van der Waals surface area contributed by atoms with Gasteiger partial charge in [-0.15, -0.1) is 11.3 Å². The van der Waals surface area contributed by atoms with Crippen molar-refractivity contribution in [2.24, 2.45) is 0 Å². The number of rotatable bonds is 6. The van der Waals surface area contributed by atoms with E-state index in [1.54, 1.807) is 6.07 Å². The summed E-state index contributed by atoms with van der Waals surface area (Å²) < 4.78 is 10.6. The largest absolute Gasteiger partial charge is 0.482 e. The van der Waals surface area contributed by atoms with Gasteiger partial charge in [-0.2, -0.15) is 4.98 Å². The molecule has 2 heterocycles. The van der Waals surface area contributed by atoms with Crippen molar-refractivity contribution >= 4 is 17.3 Å². The van der Waals surface area contributed by atoms with Gasteiger partial charge in [0.2, 0.25) is 0 Å². The third-order valence-electron chi connectivity index (χ3n) is 3.07. The fourth-order valence-electron chi connectivity index (χ4n) is 1.83. The molecule has 2 aromatic rings. The number of aromatic carboxylic acids is 1. The first-order valence-corrected chi connectivity index (χ1v) is 7.30. The van der Waals surface area contributed by atoms with Crippen LogP contribution in [0.3, 0.4) is 0 Å². The SMILES string of the molecule is CCc1cc(OCc2nc(C3CC3)no2)c(C(=O)O)s1. The molecule has 2 aromatic heterocycles. The predicted molar refractivity (Wildman–Crippen MR) is 71.3 cm³/mol. The van der Waals surface area contributed by atoms with Gasteiger partial charge in [-0.1, -0.05) is 12.1 Å². The highest BCUT2D eigenvalue weighted by Crippen LogP contribution is 2.38. The van der Waals surface area contributed by atoms with Crippen LogP contribution in [0.5, 0.6) is 5.75 Å². The third-order valence-corrected chi connectivity index (χ3v) is 4.32. The zero-order valence-electron chi connectivity index (χ0n) is 11.0. The summed E-state index contributed by atoms with van der Waals surface area (Å²) in [5.41, 5.74) is 0. The average molecular weight is 294 g/mol. The number of carbonyl (C=O) groups is 1. The van der Waals surface area contributed by atoms with Crippen LogP contribution in [0.2, 0.25) is 0 Å². The summed E-state index contributed by atoms with van der Waals surface area (Å²) in [5.74, 6) is 0.920. The van der Waals surface area contributed by atoms with Gasteiger partial charge in [-0.3, -0.25) is 0 Å². The zero-order valence-corrected chi connectivity index (χ0v) is 11.8. The standard InChI is InChI=1S/C13H14N2O4S/c1-2-8-5-9(11(20-8)13(16)17)18-6-10-14-12(15-19-10)7-3-4-7/h5,7H,2-4,6H2,1H3,(H,16,17). The topological polar surface area (TPSA) is 85.5 Å². The smallest absolute Gasteiger partial charge is 0.349 e. The summed E-state index contributed by atoms with van der Waals surface area (Å²) in [7, 11) is 0. The molecule has 106 valence electrons. The number of ether oxygens (including phenoxy) is 1. The van der Waals surface area contributed by atoms with E-state index in [1.807, 2.05) is 6.92 Å². The van der Waals surface area contributed by atoms with E-state index in [-0.39, 0.29) is 11.5 Å². The molecule has 0 unspecified atom stereocenters. The molecule has 1 fully saturated rings. The molecular weight excluding hydrogens is 280 g/mol. The Morgan fingerprint density at radius 2 is 2.40 bits per heavy atom. The van der Waals surface area contributed by atoms with Gasteiger partial charge < -0.3 is 14.4 Å². The fraction of sp³-hybridized carbons (Fsp3) is 0.462. The van der Waals surface area contributed by atoms with Gasteiger partial charge in [0, 0.05) is 10.8 Å². The normalized spacial score (nSPS) is 14.4. The second-order valence-corrected chi connectivity index (χ2v) is 5.81. The lowest BCUT2D eigenvalue weighted by Gasteiger charge is -2.01. The number of thiophene rings is 1. The van der Waals surface area contributed by atoms with Crippen molar-refractivity contribution in [3.8, 4) is 5.75 Å². The molecule has 0 saturated heterocycles. The minimum Gasteiger partial charge on any atom is -0.482 e. The summed E-state index contributed by atoms with van der Waals surface area (Å²) in [6.45, 7) is 2.07. The van der Waals surface area contributed by atoms with Crippen molar-refractivity contribution < 1.29 is 19.2 Å². The Morgan fingerprint density at radius 1 is 1.60 bits per heavy atom. The molecule has 0 bridgehead atoms. The van der Waals surface area contributed by atoms with E-state index < -0.39 is 5.97 Å². The van der Waals surface area contributed by atoms with Crippen LogP contribution in [0.4, 0.5) is 0 Å². The molecule has 0 atom stereocenters. The highest BCUT2D eigenvalue weighted by atomic mass is 32.1. The maximum absolute atomic E-state index is 11.1. The summed E-state index contributed by atoms with van der Waals surface area (Å²) in [6, 6.07) is 1.76. The molecular formula is C13H14N2O4S. The third kappa shape index (κ3) is 2.67. The van der Waals surface area contributed by atoms with E-state index in [0.717, 1.165) is 30.0 Å². The second kappa shape index (κ2) is 5.24. The van der Waals surface area contributed by atoms with Crippen LogP contribution in [0.1, 0.15) is 51.9 Å². The summed E-state index contributed by atoms with van der Waals surface area (Å²) in [6.07, 6.45) is 2.99. The van der Waals surface area contributed by atoms with Gasteiger partial charge in [0.25, 0.3) is 5.89 Å². The first-order chi connectivity index (χ1) is 9.67. The van der Waals surface area contributed by atoms with Crippen molar-refractivity contribution in [3.63, 3.8) is 0 Å². The fourth-order valence-corrected chi connectivity index (χ4v) is 2.70. The molecule has 0 aliphatic heterocycles. The summed E-state index contributed by atoms with van der Waals surface area (Å²) in [5, 5.41) is 13.0. The maximum Gasteiger partial charge on any atom is 0.349 e. The van der Waals surface area contributed by atoms with Crippen molar-refractivity contribution in [2.45, 2.75) is 38.7 Å². The number of aryl methyl sites for hydroxylation is 1. The van der Waals surface area contributed by atoms with Crippen LogP contribution in [0.15, 0.2) is 10.6 Å². The van der Waals surface area contributed by atoms with E-state index in [4.69, 9.17) is 14.4 Å². The molecule has 0 amide bonds. The van der Waals surface area contributed by atoms with Gasteiger partial charge in [-0.25, -0.2) is 4.79 Å². The number of hydrogen-bond acceptors (Lipinski definition) is 6. The molecule has 0 aromatic carbocycles. The van der Waals surface area contributed by atoms with Gasteiger partial charge in [0.15, 0.2) is 17.3 Å². The van der Waals surface area contributed by atoms with Crippen molar-refractivity contribution in [2.75, 3.05) is 0 Å². The van der Waals surface area contributed by atoms with Crippen LogP contribution < -0.4 is 4.74 Å². The van der Waals surface area contributed by atoms with E-state index in [0.29, 0.717) is 17.6 Å². The van der Waals surface area contributed by atoms with Gasteiger partial charge >= 0.3 is 5.97 Å². The number of carboxylic acids is 1. The Morgan fingerprint density at radius 3 is 3.05 bits per heavy atom. The van der Waals surface area contributed by atoms with Gasteiger partial charge in [-0.05, 0) is 25.3 Å². The molecule has 7 heteroatoms. The molecule has 6 nitrogen and oxygen atoms in total. The Balaban J connectivity index is 1.70. The minimum absolute atomic E-state index is 0.0971. The van der Waals surface area contributed by atoms with E-state index in [2.05, 4.69) is 10.1 Å². The van der Waals surface area contributed by atoms with E-state index in [1.165, 1.54) is 11.3 Å². The quantitative estimate of drug-likeness (QED) is 0.881. The number of nitrogens with zero attached hydrogens (tertiary/aromatic N) is 2. The van der Waals surface area contributed by atoms with Crippen LogP contribution in [-0.4, -0.2) is 21.2 Å². The molecule has 20 heavy (non-hydrogen) atoms. The molecule has 0 radical (unpaired) electrons. The molecule has 1 aliphatic carbocycles. The molecule has 1 aliphatic rings. The first-order valence-electron chi connectivity index (χ1n) is 6.48. The predicted octanol–water partition coefficient (Wildman–Crippen LogP) is 2.85. The summed E-state index contributed by atoms with van der Waals surface area (Å²) in [4.78, 5) is 16.6. The lowest BCUT2D eigenvalue weighted by Crippen LogP contribution is -2.00. The maximum atomic E-state index is 11.1. The Bertz CT molecular complexity index is 630. The van der Waals surface area contributed by atoms with Crippen LogP contribution >= 0.6 is 11.3 Å². The second-order valence-electron chi connectivity index (χ2n) is 4.67. The Labute approximate surface area is 119 Å². The molecule has 1 saturated carbocycles. The van der Waals surface area contributed by atoms with Crippen molar-refractivity contribution in [3.05, 3.63) is 27.5 Å². The van der Waals surface area contributed by atoms with Crippen LogP contribution in [-0.2, 0) is 13.0 Å². The summed E-state index contributed by atoms with van der Waals surface area (Å²) >= 11 is 1.23. The highest BCUT2D eigenvalue weighted by molar-refractivity contribution is 7.14. The van der Waals surface area contributed by atoms with Crippen LogP contribution in [0.25, 0.3) is 0 Å². The monoisotopic (exact) mass is 294 g/mol. The molecule has 0 spiro atoms. The number of hydrogen-bond donors (Lipinski definition) is 1. The number of carboxylic acid groups (broad SMARTS) is 1. The van der Waals surface area contributed by atoms with Crippen molar-refractivity contribution in [1.82, 2.24) is 10.1 Å². The van der Waals surface area contributed by atoms with E-state index >= 15 is 0 Å². The number of aromatic nitrogens is 2. The lowest BCUT2D eigenvalue weighted by atomic mass is 10.3. The average Bonchev–Trinajstić information content (AvgIpc) is 3.03. The lowest BCUT2D eigenvalue weighted by molar-refractivity contribution is 0.0697. The first kappa shape index (κ1) is 13.1. The Kier molecular flexibility index (Phi) is 3.43. The zero-order chi connectivity index (χ0) is 14.1. The van der Waals surface area contributed by atoms with Crippen molar-refractivity contribution in [1.29, 1.82) is 0 Å². The van der Waals surface area contributed by atoms with E-state index in [9.17, 15) is 4.79 Å². The van der Waals surface area contributed by atoms with Crippen LogP contribution in [0, 0.1) is 0 Å². The van der Waals surface area contributed by atoms with Gasteiger partial charge in [0.05, 0.1) is 0 Å². The molecule has 1 N–H and O–H groups in total. The molecule has 3 rings (SSSR count). The van der Waals surface area contributed by atoms with Gasteiger partial charge in [0.1, 0.15) is 5.75 Å². The minimum atomic E-state index is -0.978.